The van der Waals surface area contributed by atoms with Crippen molar-refractivity contribution in [2.24, 2.45) is 0 Å². The van der Waals surface area contributed by atoms with Gasteiger partial charge in [0.05, 0.1) is 12.3 Å². The minimum absolute atomic E-state index is 0.0164. The Labute approximate surface area is 155 Å². The predicted molar refractivity (Wildman–Crippen MR) is 97.0 cm³/mol. The zero-order valence-corrected chi connectivity index (χ0v) is 16.5. The molecule has 0 N–H and O–H groups in total. The van der Waals surface area contributed by atoms with Gasteiger partial charge in [-0.3, -0.25) is 4.79 Å². The van der Waals surface area contributed by atoms with Crippen LogP contribution in [0.3, 0.4) is 0 Å². The molecule has 0 saturated carbocycles. The maximum Gasteiger partial charge on any atom is 0.253 e. The van der Waals surface area contributed by atoms with Gasteiger partial charge in [0.25, 0.3) is 5.91 Å². The van der Waals surface area contributed by atoms with Crippen LogP contribution >= 0.6 is 0 Å². The maximum absolute atomic E-state index is 12.8. The number of sulfonamides is 1. The fourth-order valence-electron chi connectivity index (χ4n) is 3.91. The number of rotatable bonds is 5. The van der Waals surface area contributed by atoms with Crippen molar-refractivity contribution < 1.29 is 17.9 Å². The summed E-state index contributed by atoms with van der Waals surface area (Å²) in [5.74, 6) is 0.880. The van der Waals surface area contributed by atoms with E-state index in [1.165, 1.54) is 4.31 Å². The molecule has 1 spiro atoms. The van der Waals surface area contributed by atoms with Crippen molar-refractivity contribution in [3.63, 3.8) is 0 Å². The summed E-state index contributed by atoms with van der Waals surface area (Å²) in [6.07, 6.45) is 4.04. The molecule has 8 nitrogen and oxygen atoms in total. The lowest BCUT2D eigenvalue weighted by molar-refractivity contribution is -0.178. The third-order valence-electron chi connectivity index (χ3n) is 5.49. The molecular weight excluding hydrogens is 356 g/mol. The molecule has 2 aliphatic heterocycles. The van der Waals surface area contributed by atoms with Crippen molar-refractivity contribution in [3.8, 4) is 0 Å². The van der Waals surface area contributed by atoms with Gasteiger partial charge in [-0.05, 0) is 33.6 Å². The van der Waals surface area contributed by atoms with Crippen LogP contribution in [-0.4, -0.2) is 71.1 Å². The number of aromatic nitrogens is 2. The first-order chi connectivity index (χ1) is 12.4. The van der Waals surface area contributed by atoms with Gasteiger partial charge >= 0.3 is 0 Å². The smallest absolute Gasteiger partial charge is 0.253 e. The van der Waals surface area contributed by atoms with Gasteiger partial charge in [-0.1, -0.05) is 0 Å². The number of carbonyl (C=O) groups is 1. The van der Waals surface area contributed by atoms with E-state index in [-0.39, 0.29) is 11.7 Å². The third-order valence-corrected chi connectivity index (χ3v) is 7.37. The molecule has 3 heterocycles. The van der Waals surface area contributed by atoms with Crippen LogP contribution in [0, 0.1) is 0 Å². The topological polar surface area (TPSA) is 84.7 Å². The van der Waals surface area contributed by atoms with Gasteiger partial charge in [0.2, 0.25) is 10.0 Å². The summed E-state index contributed by atoms with van der Waals surface area (Å²) in [7, 11) is -3.22. The lowest BCUT2D eigenvalue weighted by atomic mass is 9.89. The highest BCUT2D eigenvalue weighted by molar-refractivity contribution is 7.89. The quantitative estimate of drug-likeness (QED) is 0.749. The average molecular weight is 385 g/mol. The Hall–Kier alpha value is -1.45. The van der Waals surface area contributed by atoms with Crippen molar-refractivity contribution in [3.05, 3.63) is 18.2 Å². The molecule has 3 rings (SSSR count). The van der Waals surface area contributed by atoms with Crippen molar-refractivity contribution in [2.45, 2.75) is 51.9 Å². The van der Waals surface area contributed by atoms with Crippen LogP contribution in [0.2, 0.25) is 0 Å². The van der Waals surface area contributed by atoms with Gasteiger partial charge in [0.15, 0.2) is 6.10 Å². The number of ether oxygens (including phenoxy) is 1. The minimum atomic E-state index is -3.22. The highest BCUT2D eigenvalue weighted by atomic mass is 32.2. The second-order valence-corrected chi connectivity index (χ2v) is 9.07. The van der Waals surface area contributed by atoms with Gasteiger partial charge in [0.1, 0.15) is 11.4 Å². The fraction of sp³-hybridized carbons (Fsp3) is 0.765. The number of fused-ring (bicyclic) bond motifs is 2. The van der Waals surface area contributed by atoms with E-state index < -0.39 is 21.7 Å². The second-order valence-electron chi connectivity index (χ2n) is 6.81. The monoisotopic (exact) mass is 384 g/mol. The Morgan fingerprint density at radius 2 is 1.96 bits per heavy atom. The normalized spacial score (nSPS) is 23.0. The van der Waals surface area contributed by atoms with Crippen molar-refractivity contribution in [1.82, 2.24) is 18.8 Å². The van der Waals surface area contributed by atoms with Gasteiger partial charge in [-0.15, -0.1) is 0 Å². The Morgan fingerprint density at radius 3 is 2.54 bits per heavy atom. The van der Waals surface area contributed by atoms with E-state index in [4.69, 9.17) is 4.74 Å². The molecule has 0 radical (unpaired) electrons. The van der Waals surface area contributed by atoms with Crippen LogP contribution in [0.4, 0.5) is 0 Å². The van der Waals surface area contributed by atoms with E-state index >= 15 is 0 Å². The van der Waals surface area contributed by atoms with Crippen LogP contribution in [-0.2, 0) is 31.7 Å². The molecule has 1 amide bonds. The number of likely N-dealkylation sites (N-methyl/N-ethyl adjacent to an activating group) is 1. The lowest BCUT2D eigenvalue weighted by Crippen LogP contribution is -2.55. The number of amides is 1. The van der Waals surface area contributed by atoms with E-state index in [2.05, 4.69) is 4.98 Å². The Kier molecular flexibility index (Phi) is 5.41. The van der Waals surface area contributed by atoms with Crippen molar-refractivity contribution in [2.75, 3.05) is 31.9 Å². The molecule has 1 saturated heterocycles. The Bertz CT molecular complexity index is 749. The number of imidazole rings is 1. The molecule has 2 aliphatic rings. The SMILES string of the molecule is CCN(CC)C(=O)[C@H]1Cn2ccnc2C2(CCN(S(=O)(=O)CC)CC2)O1. The molecule has 0 aromatic carbocycles. The summed E-state index contributed by atoms with van der Waals surface area (Å²) in [5, 5.41) is 0. The number of hydrogen-bond donors (Lipinski definition) is 0. The molecular formula is C17H28N4O4S. The summed E-state index contributed by atoms with van der Waals surface area (Å²) in [6, 6.07) is 0. The van der Waals surface area contributed by atoms with E-state index in [1.807, 2.05) is 24.6 Å². The van der Waals surface area contributed by atoms with Crippen molar-refractivity contribution >= 4 is 15.9 Å². The number of piperidine rings is 1. The molecule has 0 aliphatic carbocycles. The van der Waals surface area contributed by atoms with Crippen LogP contribution in [0.1, 0.15) is 39.4 Å². The molecule has 9 heteroatoms. The fourth-order valence-corrected chi connectivity index (χ4v) is 5.02. The molecule has 1 aromatic rings. The summed E-state index contributed by atoms with van der Waals surface area (Å²) < 4.78 is 34.2. The largest absolute Gasteiger partial charge is 0.352 e. The number of hydrogen-bond acceptors (Lipinski definition) is 5. The lowest BCUT2D eigenvalue weighted by Gasteiger charge is -2.45. The first-order valence-corrected chi connectivity index (χ1v) is 10.9. The Balaban J connectivity index is 1.85. The predicted octanol–water partition coefficient (Wildman–Crippen LogP) is 0.791. The van der Waals surface area contributed by atoms with Gasteiger partial charge in [-0.2, -0.15) is 0 Å². The molecule has 0 unspecified atom stereocenters. The van der Waals surface area contributed by atoms with Gasteiger partial charge < -0.3 is 14.2 Å². The first kappa shape index (κ1) is 19.3. The standard InChI is InChI=1S/C17H28N4O4S/c1-4-19(5-2)15(22)14-13-20-12-9-18-16(20)17(25-14)7-10-21(11-8-17)26(23,24)6-3/h9,12,14H,4-8,10-11,13H2,1-3H3/t14-/m1/s1. The van der Waals surface area contributed by atoms with Crippen LogP contribution in [0.5, 0.6) is 0 Å². The van der Waals surface area contributed by atoms with E-state index in [9.17, 15) is 13.2 Å². The Morgan fingerprint density at radius 1 is 1.31 bits per heavy atom. The summed E-state index contributed by atoms with van der Waals surface area (Å²) in [6.45, 7) is 8.06. The summed E-state index contributed by atoms with van der Waals surface area (Å²) in [5.41, 5.74) is -0.699. The van der Waals surface area contributed by atoms with Crippen molar-refractivity contribution in [1.29, 1.82) is 0 Å². The van der Waals surface area contributed by atoms with Crippen LogP contribution < -0.4 is 0 Å². The average Bonchev–Trinajstić information content (AvgIpc) is 3.12. The van der Waals surface area contributed by atoms with Crippen LogP contribution in [0.15, 0.2) is 12.4 Å². The molecule has 0 bridgehead atoms. The van der Waals surface area contributed by atoms with Crippen LogP contribution in [0.25, 0.3) is 0 Å². The molecule has 1 aromatic heterocycles. The summed E-state index contributed by atoms with van der Waals surface area (Å²) in [4.78, 5) is 19.1. The highest BCUT2D eigenvalue weighted by Gasteiger charge is 2.48. The van der Waals surface area contributed by atoms with E-state index in [1.54, 1.807) is 18.0 Å². The number of nitrogens with zero attached hydrogens (tertiary/aromatic N) is 4. The van der Waals surface area contributed by atoms with Gasteiger partial charge in [0, 0.05) is 38.6 Å². The zero-order chi connectivity index (χ0) is 18.9. The molecule has 1 fully saturated rings. The molecule has 1 atom stereocenters. The van der Waals surface area contributed by atoms with E-state index in [0.29, 0.717) is 45.6 Å². The molecule has 146 valence electrons. The summed E-state index contributed by atoms with van der Waals surface area (Å²) >= 11 is 0. The van der Waals surface area contributed by atoms with E-state index in [0.717, 1.165) is 5.82 Å². The second kappa shape index (κ2) is 7.28. The highest BCUT2D eigenvalue weighted by Crippen LogP contribution is 2.40. The maximum atomic E-state index is 12.8. The first-order valence-electron chi connectivity index (χ1n) is 9.33. The molecule has 26 heavy (non-hydrogen) atoms. The van der Waals surface area contributed by atoms with Gasteiger partial charge in [-0.25, -0.2) is 17.7 Å². The minimum Gasteiger partial charge on any atom is -0.352 e. The third kappa shape index (κ3) is 3.27. The zero-order valence-electron chi connectivity index (χ0n) is 15.7. The number of carbonyl (C=O) groups excluding carboxylic acids is 1.